The fourth-order valence-electron chi connectivity index (χ4n) is 0.988. The lowest BCUT2D eigenvalue weighted by molar-refractivity contribution is -0.161. The lowest BCUT2D eigenvalue weighted by Gasteiger charge is -2.20. The fraction of sp³-hybridized carbons (Fsp3) is 0.875. The molecule has 0 aliphatic rings. The van der Waals surface area contributed by atoms with Gasteiger partial charge in [0.15, 0.2) is 0 Å². The number of nitrogens with two attached hydrogens (primary N) is 1. The molecule has 0 amide bonds. The van der Waals surface area contributed by atoms with E-state index in [1.165, 1.54) is 0 Å². The Balaban J connectivity index is 4.33. The zero-order valence-corrected chi connectivity index (χ0v) is 7.85. The van der Waals surface area contributed by atoms with Gasteiger partial charge in [-0.05, 0) is 19.9 Å². The first-order valence-corrected chi connectivity index (χ1v) is 4.18. The quantitative estimate of drug-likeness (QED) is 0.670. The van der Waals surface area contributed by atoms with Crippen molar-refractivity contribution < 1.29 is 18.3 Å². The third kappa shape index (κ3) is 4.17. The monoisotopic (exact) mass is 195 g/mol. The summed E-state index contributed by atoms with van der Waals surface area (Å²) < 4.78 is 30.1. The molecule has 2 N–H and O–H groups in total. The van der Waals surface area contributed by atoms with Crippen molar-refractivity contribution >= 4 is 5.97 Å². The maximum atomic E-state index is 12.8. The number of hydrogen-bond donors (Lipinski definition) is 1. The maximum Gasteiger partial charge on any atom is 0.315 e. The van der Waals surface area contributed by atoms with Crippen LogP contribution in [0.1, 0.15) is 20.3 Å². The molecule has 5 heteroatoms. The Bertz CT molecular complexity index is 168. The maximum absolute atomic E-state index is 12.8. The van der Waals surface area contributed by atoms with E-state index in [1.54, 1.807) is 6.92 Å². The van der Waals surface area contributed by atoms with E-state index >= 15 is 0 Å². The summed E-state index contributed by atoms with van der Waals surface area (Å²) in [5.74, 6) is -5.36. The predicted octanol–water partition coefficient (Wildman–Crippen LogP) is 1.17. The van der Waals surface area contributed by atoms with E-state index < -0.39 is 17.8 Å². The van der Waals surface area contributed by atoms with Gasteiger partial charge in [-0.15, -0.1) is 0 Å². The van der Waals surface area contributed by atoms with E-state index in [0.29, 0.717) is 6.92 Å². The highest BCUT2D eigenvalue weighted by molar-refractivity contribution is 5.73. The molecule has 0 aromatic heterocycles. The van der Waals surface area contributed by atoms with Crippen LogP contribution in [-0.2, 0) is 9.53 Å². The lowest BCUT2D eigenvalue weighted by Crippen LogP contribution is -2.34. The molecule has 13 heavy (non-hydrogen) atoms. The van der Waals surface area contributed by atoms with E-state index in [-0.39, 0.29) is 19.6 Å². The lowest BCUT2D eigenvalue weighted by atomic mass is 9.99. The summed E-state index contributed by atoms with van der Waals surface area (Å²) in [5, 5.41) is 0. The molecule has 0 aliphatic carbocycles. The highest BCUT2D eigenvalue weighted by atomic mass is 19.3. The average Bonchev–Trinajstić information content (AvgIpc) is 1.98. The van der Waals surface area contributed by atoms with Crippen LogP contribution in [-0.4, -0.2) is 25.0 Å². The first-order chi connectivity index (χ1) is 5.93. The van der Waals surface area contributed by atoms with E-state index in [4.69, 9.17) is 5.73 Å². The molecule has 0 aromatic rings. The van der Waals surface area contributed by atoms with E-state index in [9.17, 15) is 13.6 Å². The second-order valence-corrected chi connectivity index (χ2v) is 2.84. The topological polar surface area (TPSA) is 52.3 Å². The van der Waals surface area contributed by atoms with E-state index in [1.807, 2.05) is 0 Å². The Kier molecular flexibility index (Phi) is 4.83. The van der Waals surface area contributed by atoms with Crippen LogP contribution in [0, 0.1) is 5.92 Å². The molecule has 3 nitrogen and oxygen atoms in total. The minimum Gasteiger partial charge on any atom is -0.466 e. The summed E-state index contributed by atoms with van der Waals surface area (Å²) in [4.78, 5) is 11.0. The Morgan fingerprint density at radius 3 is 2.46 bits per heavy atom. The van der Waals surface area contributed by atoms with Crippen LogP contribution in [0.15, 0.2) is 0 Å². The Morgan fingerprint density at radius 2 is 2.15 bits per heavy atom. The second-order valence-electron chi connectivity index (χ2n) is 2.84. The van der Waals surface area contributed by atoms with Crippen molar-refractivity contribution in [3.8, 4) is 0 Å². The zero-order valence-electron chi connectivity index (χ0n) is 7.85. The smallest absolute Gasteiger partial charge is 0.315 e. The number of halogens is 2. The van der Waals surface area contributed by atoms with Gasteiger partial charge in [-0.1, -0.05) is 0 Å². The molecule has 0 spiro atoms. The summed E-state index contributed by atoms with van der Waals surface area (Å²) in [5.41, 5.74) is 5.12. The standard InChI is InChI=1S/C8H15F2NO2/c1-3-13-7(12)6(4-5-11)8(2,9)10/h6H,3-5,11H2,1-2H3. The van der Waals surface area contributed by atoms with Gasteiger partial charge < -0.3 is 10.5 Å². The number of hydrogen-bond acceptors (Lipinski definition) is 3. The van der Waals surface area contributed by atoms with Crippen molar-refractivity contribution in [2.24, 2.45) is 11.7 Å². The highest BCUT2D eigenvalue weighted by Gasteiger charge is 2.40. The van der Waals surface area contributed by atoms with Gasteiger partial charge in [0.25, 0.3) is 5.92 Å². The number of esters is 1. The Labute approximate surface area is 76.2 Å². The van der Waals surface area contributed by atoms with Crippen molar-refractivity contribution in [3.05, 3.63) is 0 Å². The number of carbonyl (C=O) groups excluding carboxylic acids is 1. The van der Waals surface area contributed by atoms with Gasteiger partial charge in [-0.2, -0.15) is 0 Å². The summed E-state index contributed by atoms with van der Waals surface area (Å²) in [6, 6.07) is 0. The number of carbonyl (C=O) groups is 1. The van der Waals surface area contributed by atoms with Crippen LogP contribution >= 0.6 is 0 Å². The molecular formula is C8H15F2NO2. The molecule has 0 aromatic carbocycles. The molecule has 1 unspecified atom stereocenters. The van der Waals surface area contributed by atoms with Gasteiger partial charge in [0, 0.05) is 6.92 Å². The molecule has 0 radical (unpaired) electrons. The van der Waals surface area contributed by atoms with Crippen LogP contribution in [0.25, 0.3) is 0 Å². The summed E-state index contributed by atoms with van der Waals surface area (Å²) in [6.45, 7) is 2.43. The summed E-state index contributed by atoms with van der Waals surface area (Å²) in [7, 11) is 0. The highest BCUT2D eigenvalue weighted by Crippen LogP contribution is 2.27. The average molecular weight is 195 g/mol. The molecule has 78 valence electrons. The SMILES string of the molecule is CCOC(=O)C(CCN)C(C)(F)F. The van der Waals surface area contributed by atoms with Crippen molar-refractivity contribution in [1.29, 1.82) is 0 Å². The fourth-order valence-corrected chi connectivity index (χ4v) is 0.988. The van der Waals surface area contributed by atoms with Crippen molar-refractivity contribution in [2.75, 3.05) is 13.2 Å². The molecule has 0 bridgehead atoms. The van der Waals surface area contributed by atoms with E-state index in [2.05, 4.69) is 4.74 Å². The van der Waals surface area contributed by atoms with Gasteiger partial charge >= 0.3 is 5.97 Å². The Hall–Kier alpha value is -0.710. The molecule has 0 fully saturated rings. The number of ether oxygens (including phenoxy) is 1. The number of rotatable bonds is 5. The van der Waals surface area contributed by atoms with Gasteiger partial charge in [-0.25, -0.2) is 8.78 Å². The first-order valence-electron chi connectivity index (χ1n) is 4.18. The molecule has 0 aliphatic heterocycles. The van der Waals surface area contributed by atoms with Crippen molar-refractivity contribution in [2.45, 2.75) is 26.2 Å². The second kappa shape index (κ2) is 5.11. The summed E-state index contributed by atoms with van der Waals surface area (Å²) in [6.07, 6.45) is -0.0532. The van der Waals surface area contributed by atoms with Crippen molar-refractivity contribution in [1.82, 2.24) is 0 Å². The van der Waals surface area contributed by atoms with Gasteiger partial charge in [-0.3, -0.25) is 4.79 Å². The molecule has 0 rings (SSSR count). The summed E-state index contributed by atoms with van der Waals surface area (Å²) >= 11 is 0. The third-order valence-corrected chi connectivity index (χ3v) is 1.64. The van der Waals surface area contributed by atoms with Crippen LogP contribution < -0.4 is 5.73 Å². The van der Waals surface area contributed by atoms with Crippen LogP contribution in [0.4, 0.5) is 8.78 Å². The van der Waals surface area contributed by atoms with Crippen LogP contribution in [0.5, 0.6) is 0 Å². The van der Waals surface area contributed by atoms with Gasteiger partial charge in [0.1, 0.15) is 5.92 Å². The molecule has 0 saturated carbocycles. The van der Waals surface area contributed by atoms with Crippen LogP contribution in [0.3, 0.4) is 0 Å². The van der Waals surface area contributed by atoms with Crippen molar-refractivity contribution in [3.63, 3.8) is 0 Å². The minimum atomic E-state index is -3.06. The first kappa shape index (κ1) is 12.3. The van der Waals surface area contributed by atoms with E-state index in [0.717, 1.165) is 0 Å². The third-order valence-electron chi connectivity index (χ3n) is 1.64. The molecular weight excluding hydrogens is 180 g/mol. The normalized spacial score (nSPS) is 13.9. The van der Waals surface area contributed by atoms with Gasteiger partial charge in [0.2, 0.25) is 0 Å². The minimum absolute atomic E-state index is 0.0485. The largest absolute Gasteiger partial charge is 0.466 e. The number of alkyl halides is 2. The Morgan fingerprint density at radius 1 is 1.62 bits per heavy atom. The van der Waals surface area contributed by atoms with Crippen LogP contribution in [0.2, 0.25) is 0 Å². The zero-order chi connectivity index (χ0) is 10.5. The molecule has 0 saturated heterocycles. The predicted molar refractivity (Wildman–Crippen MR) is 44.4 cm³/mol. The molecule has 1 atom stereocenters. The van der Waals surface area contributed by atoms with Gasteiger partial charge in [0.05, 0.1) is 6.61 Å². The molecule has 0 heterocycles.